The maximum atomic E-state index is 12.2. The van der Waals surface area contributed by atoms with E-state index in [2.05, 4.69) is 11.4 Å². The predicted molar refractivity (Wildman–Crippen MR) is 68.6 cm³/mol. The van der Waals surface area contributed by atoms with Gasteiger partial charge in [0.1, 0.15) is 11.6 Å². The van der Waals surface area contributed by atoms with Crippen LogP contribution in [0.1, 0.15) is 57.8 Å². The van der Waals surface area contributed by atoms with Crippen molar-refractivity contribution in [3.63, 3.8) is 0 Å². The highest BCUT2D eigenvalue weighted by Crippen LogP contribution is 2.47. The first kappa shape index (κ1) is 11.8. The monoisotopic (exact) mass is 244 g/mol. The number of hydrogen-bond donors (Lipinski definition) is 1. The summed E-state index contributed by atoms with van der Waals surface area (Å²) in [4.78, 5) is 12.2. The van der Waals surface area contributed by atoms with Gasteiger partial charge >= 0.3 is 0 Å². The Kier molecular flexibility index (Phi) is 2.89. The van der Waals surface area contributed by atoms with Crippen molar-refractivity contribution < 1.29 is 4.79 Å². The zero-order chi connectivity index (χ0) is 12.6. The van der Waals surface area contributed by atoms with Gasteiger partial charge in [0.25, 0.3) is 5.91 Å². The molecule has 1 spiro atoms. The normalized spacial score (nSPS) is 30.6. The van der Waals surface area contributed by atoms with Gasteiger partial charge in [-0.15, -0.1) is 0 Å². The second-order valence-electron chi connectivity index (χ2n) is 5.98. The van der Waals surface area contributed by atoms with Crippen LogP contribution in [0.25, 0.3) is 0 Å². The molecule has 96 valence electrons. The summed E-state index contributed by atoms with van der Waals surface area (Å²) in [6.45, 7) is 0. The van der Waals surface area contributed by atoms with E-state index >= 15 is 0 Å². The van der Waals surface area contributed by atoms with Crippen LogP contribution in [0, 0.1) is 17.2 Å². The van der Waals surface area contributed by atoms with Crippen molar-refractivity contribution >= 4 is 5.91 Å². The third-order valence-electron chi connectivity index (χ3n) is 5.04. The van der Waals surface area contributed by atoms with Gasteiger partial charge in [-0.3, -0.25) is 4.79 Å². The van der Waals surface area contributed by atoms with Crippen LogP contribution >= 0.6 is 0 Å². The predicted octanol–water partition coefficient (Wildman–Crippen LogP) is 2.83. The Bertz CT molecular complexity index is 438. The molecule has 18 heavy (non-hydrogen) atoms. The molecule has 1 N–H and O–H groups in total. The Morgan fingerprint density at radius 3 is 2.67 bits per heavy atom. The second kappa shape index (κ2) is 4.42. The number of carbonyl (C=O) groups is 1. The first-order chi connectivity index (χ1) is 8.77. The fourth-order valence-corrected chi connectivity index (χ4v) is 4.22. The number of fused-ring (bicyclic) bond motifs is 2. The van der Waals surface area contributed by atoms with Crippen molar-refractivity contribution in [2.24, 2.45) is 5.92 Å². The smallest absolute Gasteiger partial charge is 0.262 e. The largest absolute Gasteiger partial charge is 0.345 e. The van der Waals surface area contributed by atoms with Crippen LogP contribution in [-0.2, 0) is 4.79 Å². The average Bonchev–Trinajstić information content (AvgIpc) is 2.40. The Morgan fingerprint density at radius 2 is 1.94 bits per heavy atom. The molecule has 1 heterocycles. The van der Waals surface area contributed by atoms with Gasteiger partial charge in [0.15, 0.2) is 0 Å². The van der Waals surface area contributed by atoms with E-state index < -0.39 is 0 Å². The maximum Gasteiger partial charge on any atom is 0.262 e. The molecule has 3 nitrogen and oxygen atoms in total. The van der Waals surface area contributed by atoms with Crippen molar-refractivity contribution in [3.05, 3.63) is 11.1 Å². The molecule has 3 heteroatoms. The molecule has 1 aliphatic heterocycles. The van der Waals surface area contributed by atoms with E-state index in [1.165, 1.54) is 31.3 Å². The summed E-state index contributed by atoms with van der Waals surface area (Å²) < 4.78 is 0. The van der Waals surface area contributed by atoms with Crippen LogP contribution in [0.2, 0.25) is 0 Å². The molecule has 0 saturated heterocycles. The fraction of sp³-hybridized carbons (Fsp3) is 0.733. The highest BCUT2D eigenvalue weighted by atomic mass is 16.2. The molecule has 0 aromatic carbocycles. The van der Waals surface area contributed by atoms with Gasteiger partial charge in [0.05, 0.1) is 0 Å². The molecule has 0 radical (unpaired) electrons. The molecule has 3 rings (SSSR count). The highest BCUT2D eigenvalue weighted by Gasteiger charge is 2.47. The molecule has 3 aliphatic rings. The van der Waals surface area contributed by atoms with E-state index in [1.807, 2.05) is 0 Å². The van der Waals surface area contributed by atoms with Crippen molar-refractivity contribution in [2.45, 2.75) is 63.3 Å². The lowest BCUT2D eigenvalue weighted by molar-refractivity contribution is -0.121. The minimum atomic E-state index is -0.104. The standard InChI is InChI=1S/C15H20N2O/c16-10-12-11-6-2-3-7-13(11)15(17-14(12)18)8-4-1-5-9-15/h13H,1-9H2,(H,17,18)/t13-/m1/s1. The molecule has 2 fully saturated rings. The van der Waals surface area contributed by atoms with Crippen LogP contribution in [0.15, 0.2) is 11.1 Å². The maximum absolute atomic E-state index is 12.2. The third-order valence-corrected chi connectivity index (χ3v) is 5.04. The molecule has 1 amide bonds. The molecular formula is C15H20N2O. The van der Waals surface area contributed by atoms with E-state index in [0.29, 0.717) is 11.5 Å². The van der Waals surface area contributed by atoms with E-state index in [0.717, 1.165) is 32.1 Å². The Morgan fingerprint density at radius 1 is 1.17 bits per heavy atom. The Balaban J connectivity index is 2.03. The lowest BCUT2D eigenvalue weighted by Gasteiger charge is -2.49. The zero-order valence-corrected chi connectivity index (χ0v) is 10.8. The van der Waals surface area contributed by atoms with E-state index in [4.69, 9.17) is 0 Å². The van der Waals surface area contributed by atoms with E-state index in [-0.39, 0.29) is 11.4 Å². The molecule has 2 saturated carbocycles. The number of amides is 1. The van der Waals surface area contributed by atoms with Gasteiger partial charge < -0.3 is 5.32 Å². The van der Waals surface area contributed by atoms with Crippen molar-refractivity contribution in [1.82, 2.24) is 5.32 Å². The van der Waals surface area contributed by atoms with Crippen molar-refractivity contribution in [3.8, 4) is 6.07 Å². The first-order valence-electron chi connectivity index (χ1n) is 7.22. The summed E-state index contributed by atoms with van der Waals surface area (Å²) in [6.07, 6.45) is 10.4. The van der Waals surface area contributed by atoms with E-state index in [9.17, 15) is 10.1 Å². The van der Waals surface area contributed by atoms with Gasteiger partial charge in [-0.05, 0) is 37.7 Å². The topological polar surface area (TPSA) is 52.9 Å². The first-order valence-corrected chi connectivity index (χ1v) is 7.22. The minimum absolute atomic E-state index is 0.00850. The SMILES string of the molecule is N#CC1=C2CCCC[C@H]2C2(CCCCC2)NC1=O. The van der Waals surface area contributed by atoms with Crippen LogP contribution < -0.4 is 5.32 Å². The molecule has 0 aromatic rings. The third kappa shape index (κ3) is 1.67. The van der Waals surface area contributed by atoms with Gasteiger partial charge in [-0.1, -0.05) is 25.7 Å². The van der Waals surface area contributed by atoms with Gasteiger partial charge in [-0.2, -0.15) is 5.26 Å². The number of nitrogens with zero attached hydrogens (tertiary/aromatic N) is 1. The van der Waals surface area contributed by atoms with Crippen molar-refractivity contribution in [2.75, 3.05) is 0 Å². The van der Waals surface area contributed by atoms with Gasteiger partial charge in [-0.25, -0.2) is 0 Å². The Hall–Kier alpha value is -1.30. The molecule has 0 aromatic heterocycles. The van der Waals surface area contributed by atoms with Crippen molar-refractivity contribution in [1.29, 1.82) is 5.26 Å². The summed E-state index contributed by atoms with van der Waals surface area (Å²) in [5.41, 5.74) is 1.59. The lowest BCUT2D eigenvalue weighted by Crippen LogP contribution is -2.59. The van der Waals surface area contributed by atoms with Crippen LogP contribution in [0.3, 0.4) is 0 Å². The molecule has 0 unspecified atom stereocenters. The van der Waals surface area contributed by atoms with Crippen LogP contribution in [0.5, 0.6) is 0 Å². The number of nitriles is 1. The summed E-state index contributed by atoms with van der Waals surface area (Å²) in [6, 6.07) is 2.14. The summed E-state index contributed by atoms with van der Waals surface area (Å²) in [7, 11) is 0. The van der Waals surface area contributed by atoms with Gasteiger partial charge in [0, 0.05) is 11.5 Å². The fourth-order valence-electron chi connectivity index (χ4n) is 4.22. The van der Waals surface area contributed by atoms with E-state index in [1.54, 1.807) is 0 Å². The summed E-state index contributed by atoms with van der Waals surface area (Å²) in [5, 5.41) is 12.4. The number of nitrogens with one attached hydrogen (secondary N) is 1. The number of hydrogen-bond acceptors (Lipinski definition) is 2. The molecular weight excluding hydrogens is 224 g/mol. The lowest BCUT2D eigenvalue weighted by atomic mass is 9.63. The van der Waals surface area contributed by atoms with Gasteiger partial charge in [0.2, 0.25) is 0 Å². The number of rotatable bonds is 0. The highest BCUT2D eigenvalue weighted by molar-refractivity contribution is 5.99. The minimum Gasteiger partial charge on any atom is -0.345 e. The number of carbonyl (C=O) groups excluding carboxylic acids is 1. The summed E-state index contributed by atoms with van der Waals surface area (Å²) >= 11 is 0. The molecule has 0 bridgehead atoms. The van der Waals surface area contributed by atoms with Crippen LogP contribution in [0.4, 0.5) is 0 Å². The molecule has 1 atom stereocenters. The van der Waals surface area contributed by atoms with Crippen LogP contribution in [-0.4, -0.2) is 11.4 Å². The summed E-state index contributed by atoms with van der Waals surface area (Å²) in [5.74, 6) is 0.339. The Labute approximate surface area is 108 Å². The quantitative estimate of drug-likeness (QED) is 0.712. The second-order valence-corrected chi connectivity index (χ2v) is 5.98. The molecule has 2 aliphatic carbocycles. The average molecular weight is 244 g/mol. The zero-order valence-electron chi connectivity index (χ0n) is 10.8.